The molecule has 0 radical (unpaired) electrons. The van der Waals surface area contributed by atoms with Gasteiger partial charge >= 0.3 is 0 Å². The van der Waals surface area contributed by atoms with Crippen molar-refractivity contribution in [3.05, 3.63) is 0 Å². The average molecular weight is 205 g/mol. The molecule has 0 heterocycles. The van der Waals surface area contributed by atoms with Gasteiger partial charge in [0.15, 0.2) is 0 Å². The molecule has 0 aliphatic heterocycles. The summed E-state index contributed by atoms with van der Waals surface area (Å²) >= 11 is 0. The topological polar surface area (TPSA) is 61.7 Å². The van der Waals surface area contributed by atoms with Crippen molar-refractivity contribution in [2.75, 3.05) is 32.9 Å². The lowest BCUT2D eigenvalue weighted by Gasteiger charge is -2.11. The van der Waals surface area contributed by atoms with Crippen LogP contribution in [0.5, 0.6) is 0 Å². The molecule has 0 bridgehead atoms. The Balaban J connectivity index is 3.02. The number of ether oxygens (including phenoxy) is 1. The lowest BCUT2D eigenvalue weighted by atomic mass is 10.2. The highest BCUT2D eigenvalue weighted by Gasteiger charge is 2.01. The molecule has 0 saturated heterocycles. The summed E-state index contributed by atoms with van der Waals surface area (Å²) in [6.45, 7) is 4.71. The zero-order valence-electron chi connectivity index (χ0n) is 9.04. The average Bonchev–Trinajstić information content (AvgIpc) is 2.20. The second-order valence-corrected chi connectivity index (χ2v) is 3.30. The molecule has 0 aromatic heterocycles. The largest absolute Gasteiger partial charge is 0.396 e. The second kappa shape index (κ2) is 10.9. The Labute approximate surface area is 86.3 Å². The molecule has 0 saturated carbocycles. The molecular weight excluding hydrogens is 182 g/mol. The molecule has 0 rings (SSSR count). The number of nitrogens with one attached hydrogen (secondary N) is 1. The summed E-state index contributed by atoms with van der Waals surface area (Å²) in [5.41, 5.74) is 0. The number of aliphatic hydroxyl groups excluding tert-OH is 2. The maximum Gasteiger partial charge on any atom is 0.0897 e. The lowest BCUT2D eigenvalue weighted by Crippen LogP contribution is -2.31. The molecule has 1 unspecified atom stereocenters. The van der Waals surface area contributed by atoms with Crippen molar-refractivity contribution in [1.29, 1.82) is 0 Å². The highest BCUT2D eigenvalue weighted by atomic mass is 16.5. The first-order valence-electron chi connectivity index (χ1n) is 5.38. The van der Waals surface area contributed by atoms with Gasteiger partial charge < -0.3 is 20.3 Å². The summed E-state index contributed by atoms with van der Waals surface area (Å²) in [6.07, 6.45) is 2.53. The fraction of sp³-hybridized carbons (Fsp3) is 1.00. The summed E-state index contributed by atoms with van der Waals surface area (Å²) in [5, 5.41) is 21.0. The lowest BCUT2D eigenvalue weighted by molar-refractivity contribution is 0.0429. The van der Waals surface area contributed by atoms with Crippen molar-refractivity contribution in [3.8, 4) is 0 Å². The third-order valence-electron chi connectivity index (χ3n) is 1.91. The monoisotopic (exact) mass is 205 g/mol. The first kappa shape index (κ1) is 13.8. The van der Waals surface area contributed by atoms with Crippen molar-refractivity contribution in [3.63, 3.8) is 0 Å². The van der Waals surface area contributed by atoms with Gasteiger partial charge in [0.1, 0.15) is 0 Å². The molecule has 4 heteroatoms. The van der Waals surface area contributed by atoms with Crippen LogP contribution in [0.4, 0.5) is 0 Å². The molecule has 0 aromatic carbocycles. The van der Waals surface area contributed by atoms with Crippen LogP contribution in [0.2, 0.25) is 0 Å². The van der Waals surface area contributed by atoms with E-state index in [0.29, 0.717) is 19.8 Å². The summed E-state index contributed by atoms with van der Waals surface area (Å²) < 4.78 is 5.07. The van der Waals surface area contributed by atoms with Gasteiger partial charge in [-0.25, -0.2) is 0 Å². The number of hydrogen-bond donors (Lipinski definition) is 3. The molecular formula is C10H23NO3. The molecule has 0 spiro atoms. The Morgan fingerprint density at radius 1 is 1.29 bits per heavy atom. The summed E-state index contributed by atoms with van der Waals surface area (Å²) in [7, 11) is 0. The molecule has 4 nitrogen and oxygen atoms in total. The zero-order chi connectivity index (χ0) is 10.6. The number of unbranched alkanes of at least 4 members (excludes halogenated alkanes) is 2. The van der Waals surface area contributed by atoms with Crippen LogP contribution in [-0.4, -0.2) is 49.2 Å². The summed E-state index contributed by atoms with van der Waals surface area (Å²) in [4.78, 5) is 0. The van der Waals surface area contributed by atoms with Crippen LogP contribution < -0.4 is 5.32 Å². The zero-order valence-corrected chi connectivity index (χ0v) is 9.04. The molecule has 0 aliphatic carbocycles. The van der Waals surface area contributed by atoms with Crippen LogP contribution in [0.25, 0.3) is 0 Å². The Kier molecular flexibility index (Phi) is 10.8. The van der Waals surface area contributed by atoms with Gasteiger partial charge in [-0.3, -0.25) is 0 Å². The van der Waals surface area contributed by atoms with Gasteiger partial charge in [0.2, 0.25) is 0 Å². The highest BCUT2D eigenvalue weighted by molar-refractivity contribution is 4.58. The minimum absolute atomic E-state index is 0.271. The minimum Gasteiger partial charge on any atom is -0.396 e. The Morgan fingerprint density at radius 2 is 2.07 bits per heavy atom. The molecule has 14 heavy (non-hydrogen) atoms. The first-order chi connectivity index (χ1) is 6.81. The highest BCUT2D eigenvalue weighted by Crippen LogP contribution is 1.92. The van der Waals surface area contributed by atoms with E-state index in [0.717, 1.165) is 25.8 Å². The quantitative estimate of drug-likeness (QED) is 0.444. The van der Waals surface area contributed by atoms with Gasteiger partial charge in [-0.2, -0.15) is 0 Å². The fourth-order valence-electron chi connectivity index (χ4n) is 1.12. The van der Waals surface area contributed by atoms with E-state index < -0.39 is 6.10 Å². The van der Waals surface area contributed by atoms with Crippen molar-refractivity contribution >= 4 is 0 Å². The van der Waals surface area contributed by atoms with Crippen molar-refractivity contribution in [1.82, 2.24) is 5.32 Å². The SMILES string of the molecule is CCOCC(O)CNCCCCCO. The maximum absolute atomic E-state index is 9.36. The number of rotatable bonds is 10. The van der Waals surface area contributed by atoms with E-state index in [9.17, 15) is 5.11 Å². The molecule has 0 fully saturated rings. The van der Waals surface area contributed by atoms with E-state index in [1.165, 1.54) is 0 Å². The van der Waals surface area contributed by atoms with Crippen LogP contribution >= 0.6 is 0 Å². The van der Waals surface area contributed by atoms with Gasteiger partial charge in [-0.05, 0) is 32.7 Å². The predicted octanol–water partition coefficient (Wildman–Crippen LogP) is 0.136. The van der Waals surface area contributed by atoms with Crippen LogP contribution in [0, 0.1) is 0 Å². The number of aliphatic hydroxyl groups is 2. The Bertz CT molecular complexity index is 112. The molecule has 0 amide bonds. The van der Waals surface area contributed by atoms with Gasteiger partial charge in [0, 0.05) is 19.8 Å². The molecule has 1 atom stereocenters. The molecule has 3 N–H and O–H groups in total. The Hall–Kier alpha value is -0.160. The third-order valence-corrected chi connectivity index (χ3v) is 1.91. The first-order valence-corrected chi connectivity index (χ1v) is 5.38. The van der Waals surface area contributed by atoms with Crippen molar-refractivity contribution in [2.24, 2.45) is 0 Å². The molecule has 0 aromatic rings. The normalized spacial score (nSPS) is 13.1. The Morgan fingerprint density at radius 3 is 2.71 bits per heavy atom. The van der Waals surface area contributed by atoms with E-state index >= 15 is 0 Å². The standard InChI is InChI=1S/C10H23NO3/c1-2-14-9-10(13)8-11-6-4-3-5-7-12/h10-13H,2-9H2,1H3. The minimum atomic E-state index is -0.409. The number of hydrogen-bond acceptors (Lipinski definition) is 4. The smallest absolute Gasteiger partial charge is 0.0897 e. The third kappa shape index (κ3) is 9.92. The van der Waals surface area contributed by atoms with Crippen LogP contribution in [-0.2, 0) is 4.74 Å². The van der Waals surface area contributed by atoms with Crippen molar-refractivity contribution in [2.45, 2.75) is 32.3 Å². The van der Waals surface area contributed by atoms with E-state index in [1.54, 1.807) is 0 Å². The van der Waals surface area contributed by atoms with Crippen LogP contribution in [0.15, 0.2) is 0 Å². The van der Waals surface area contributed by atoms with E-state index in [2.05, 4.69) is 5.32 Å². The van der Waals surface area contributed by atoms with E-state index in [-0.39, 0.29) is 6.61 Å². The van der Waals surface area contributed by atoms with E-state index in [4.69, 9.17) is 9.84 Å². The van der Waals surface area contributed by atoms with Gasteiger partial charge in [-0.1, -0.05) is 0 Å². The van der Waals surface area contributed by atoms with Gasteiger partial charge in [0.25, 0.3) is 0 Å². The fourth-order valence-corrected chi connectivity index (χ4v) is 1.12. The second-order valence-electron chi connectivity index (χ2n) is 3.30. The molecule has 0 aliphatic rings. The summed E-state index contributed by atoms with van der Waals surface area (Å²) in [5.74, 6) is 0. The van der Waals surface area contributed by atoms with Crippen LogP contribution in [0.1, 0.15) is 26.2 Å². The molecule has 86 valence electrons. The van der Waals surface area contributed by atoms with E-state index in [1.807, 2.05) is 6.92 Å². The summed E-state index contributed by atoms with van der Waals surface area (Å²) in [6, 6.07) is 0. The van der Waals surface area contributed by atoms with Crippen molar-refractivity contribution < 1.29 is 14.9 Å². The van der Waals surface area contributed by atoms with Gasteiger partial charge in [-0.15, -0.1) is 0 Å². The van der Waals surface area contributed by atoms with Gasteiger partial charge in [0.05, 0.1) is 12.7 Å². The maximum atomic E-state index is 9.36. The predicted molar refractivity (Wildman–Crippen MR) is 56.3 cm³/mol. The van der Waals surface area contributed by atoms with Crippen LogP contribution in [0.3, 0.4) is 0 Å².